The van der Waals surface area contributed by atoms with Crippen LogP contribution in [0.15, 0.2) is 17.6 Å². The standard InChI is InChI=1S/C17H22BCl2NO3S/c1-10(22)25-9-11(18-23-16(2,3)17(4,5)24-18)6-13-14(19)7-12(21)8-15(13)20/h6-8H,9,21H2,1-5H3. The Hall–Kier alpha value is -0.655. The van der Waals surface area contributed by atoms with Crippen molar-refractivity contribution in [2.45, 2.75) is 45.8 Å². The third-order valence-corrected chi connectivity index (χ3v) is 5.94. The van der Waals surface area contributed by atoms with Gasteiger partial charge < -0.3 is 15.0 Å². The molecule has 0 amide bonds. The van der Waals surface area contributed by atoms with Crippen LogP contribution in [0.2, 0.25) is 10.0 Å². The lowest BCUT2D eigenvalue weighted by atomic mass is 9.78. The number of anilines is 1. The number of hydrogen-bond donors (Lipinski definition) is 1. The molecule has 1 fully saturated rings. The van der Waals surface area contributed by atoms with Crippen molar-refractivity contribution in [1.29, 1.82) is 0 Å². The molecule has 25 heavy (non-hydrogen) atoms. The van der Waals surface area contributed by atoms with Crippen LogP contribution in [0.4, 0.5) is 5.69 Å². The van der Waals surface area contributed by atoms with Crippen molar-refractivity contribution in [2.24, 2.45) is 0 Å². The molecule has 0 saturated carbocycles. The first-order chi connectivity index (χ1) is 11.4. The van der Waals surface area contributed by atoms with Crippen LogP contribution in [0.1, 0.15) is 40.2 Å². The number of hydrogen-bond acceptors (Lipinski definition) is 5. The zero-order valence-corrected chi connectivity index (χ0v) is 17.3. The topological polar surface area (TPSA) is 61.6 Å². The number of nitrogen functional groups attached to an aromatic ring is 1. The van der Waals surface area contributed by atoms with Crippen LogP contribution in [0.5, 0.6) is 0 Å². The van der Waals surface area contributed by atoms with Crippen molar-refractivity contribution in [1.82, 2.24) is 0 Å². The van der Waals surface area contributed by atoms with Gasteiger partial charge in [0.2, 0.25) is 0 Å². The summed E-state index contributed by atoms with van der Waals surface area (Å²) >= 11 is 13.8. The summed E-state index contributed by atoms with van der Waals surface area (Å²) in [6.45, 7) is 9.44. The molecule has 1 heterocycles. The third kappa shape index (κ3) is 4.74. The highest BCUT2D eigenvalue weighted by atomic mass is 35.5. The first-order valence-corrected chi connectivity index (χ1v) is 9.61. The summed E-state index contributed by atoms with van der Waals surface area (Å²) in [7, 11) is -0.582. The van der Waals surface area contributed by atoms with Crippen LogP contribution in [-0.2, 0) is 14.1 Å². The van der Waals surface area contributed by atoms with Crippen molar-refractivity contribution in [3.05, 3.63) is 33.2 Å². The van der Waals surface area contributed by atoms with Gasteiger partial charge in [-0.2, -0.15) is 0 Å². The highest BCUT2D eigenvalue weighted by Gasteiger charge is 2.52. The fourth-order valence-electron chi connectivity index (χ4n) is 2.28. The van der Waals surface area contributed by atoms with Crippen molar-refractivity contribution in [3.8, 4) is 0 Å². The predicted octanol–water partition coefficient (Wildman–Crippen LogP) is 4.87. The highest BCUT2D eigenvalue weighted by molar-refractivity contribution is 8.13. The molecule has 0 aromatic heterocycles. The zero-order valence-electron chi connectivity index (χ0n) is 15.0. The fraction of sp³-hybridized carbons (Fsp3) is 0.471. The molecule has 1 aromatic carbocycles. The number of nitrogens with two attached hydrogens (primary N) is 1. The van der Waals surface area contributed by atoms with Gasteiger partial charge in [-0.05, 0) is 45.3 Å². The number of halogens is 2. The lowest BCUT2D eigenvalue weighted by Crippen LogP contribution is -2.41. The molecule has 1 aliphatic heterocycles. The first kappa shape index (κ1) is 20.7. The summed E-state index contributed by atoms with van der Waals surface area (Å²) in [6.07, 6.45) is 1.82. The molecule has 1 saturated heterocycles. The van der Waals surface area contributed by atoms with E-state index in [2.05, 4.69) is 0 Å². The largest absolute Gasteiger partial charge is 0.491 e. The Morgan fingerprint density at radius 1 is 1.20 bits per heavy atom. The molecule has 1 aliphatic rings. The molecule has 2 N–H and O–H groups in total. The van der Waals surface area contributed by atoms with E-state index in [4.69, 9.17) is 38.2 Å². The van der Waals surface area contributed by atoms with Gasteiger partial charge in [0.15, 0.2) is 5.12 Å². The molecule has 1 aromatic rings. The molecular formula is C17H22BCl2NO3S. The van der Waals surface area contributed by atoms with Gasteiger partial charge >= 0.3 is 7.12 Å². The molecule has 0 atom stereocenters. The summed E-state index contributed by atoms with van der Waals surface area (Å²) in [5, 5.41) is 0.885. The summed E-state index contributed by atoms with van der Waals surface area (Å²) in [5.74, 6) is 0.420. The van der Waals surface area contributed by atoms with Crippen LogP contribution in [-0.4, -0.2) is 29.2 Å². The quantitative estimate of drug-likeness (QED) is 0.575. The number of carbonyl (C=O) groups excluding carboxylic acids is 1. The molecular weight excluding hydrogens is 380 g/mol. The van der Waals surface area contributed by atoms with E-state index in [1.165, 1.54) is 18.7 Å². The summed E-state index contributed by atoms with van der Waals surface area (Å²) in [4.78, 5) is 11.4. The highest BCUT2D eigenvalue weighted by Crippen LogP contribution is 2.40. The van der Waals surface area contributed by atoms with Crippen LogP contribution in [0.3, 0.4) is 0 Å². The molecule has 0 aliphatic carbocycles. The molecule has 8 heteroatoms. The van der Waals surface area contributed by atoms with E-state index >= 15 is 0 Å². The maximum absolute atomic E-state index is 11.4. The van der Waals surface area contributed by atoms with Gasteiger partial charge in [-0.3, -0.25) is 4.79 Å². The van der Waals surface area contributed by atoms with E-state index in [1.54, 1.807) is 12.1 Å². The number of rotatable bonds is 4. The van der Waals surface area contributed by atoms with Gasteiger partial charge in [-0.25, -0.2) is 0 Å². The molecule has 136 valence electrons. The number of benzene rings is 1. The second-order valence-electron chi connectivity index (χ2n) is 6.99. The monoisotopic (exact) mass is 401 g/mol. The Morgan fingerprint density at radius 3 is 2.12 bits per heavy atom. The maximum Gasteiger partial charge on any atom is 0.491 e. The van der Waals surface area contributed by atoms with Crippen LogP contribution < -0.4 is 5.73 Å². The minimum atomic E-state index is -0.582. The molecule has 2 rings (SSSR count). The summed E-state index contributed by atoms with van der Waals surface area (Å²) < 4.78 is 12.2. The first-order valence-electron chi connectivity index (χ1n) is 7.87. The van der Waals surface area contributed by atoms with Gasteiger partial charge in [0.25, 0.3) is 0 Å². The summed E-state index contributed by atoms with van der Waals surface area (Å²) in [6, 6.07) is 3.28. The molecule has 4 nitrogen and oxygen atoms in total. The second kappa shape index (κ2) is 7.53. The Bertz CT molecular complexity index is 683. The van der Waals surface area contributed by atoms with Crippen LogP contribution in [0.25, 0.3) is 6.08 Å². The van der Waals surface area contributed by atoms with E-state index < -0.39 is 18.3 Å². The van der Waals surface area contributed by atoms with Crippen LogP contribution >= 0.6 is 35.0 Å². The lowest BCUT2D eigenvalue weighted by molar-refractivity contribution is -0.109. The fourth-order valence-corrected chi connectivity index (χ4v) is 3.49. The second-order valence-corrected chi connectivity index (χ2v) is 8.95. The average Bonchev–Trinajstić information content (AvgIpc) is 2.65. The number of thioether (sulfide) groups is 1. The van der Waals surface area contributed by atoms with E-state index in [-0.39, 0.29) is 5.12 Å². The minimum Gasteiger partial charge on any atom is -0.400 e. The van der Waals surface area contributed by atoms with Crippen molar-refractivity contribution >= 4 is 59.0 Å². The average molecular weight is 402 g/mol. The normalized spacial score (nSPS) is 19.3. The van der Waals surface area contributed by atoms with E-state index in [0.717, 1.165) is 5.47 Å². The SMILES string of the molecule is CC(=O)SCC(=Cc1c(Cl)cc(N)cc1Cl)B1OC(C)(C)C(C)(C)O1. The van der Waals surface area contributed by atoms with Gasteiger partial charge in [-0.15, -0.1) is 0 Å². The van der Waals surface area contributed by atoms with Crippen molar-refractivity contribution in [2.75, 3.05) is 11.5 Å². The van der Waals surface area contributed by atoms with E-state index in [9.17, 15) is 4.79 Å². The summed E-state index contributed by atoms with van der Waals surface area (Å²) in [5.41, 5.74) is 6.71. The van der Waals surface area contributed by atoms with Gasteiger partial charge in [0.1, 0.15) is 0 Å². The third-order valence-electron chi connectivity index (χ3n) is 4.43. The minimum absolute atomic E-state index is 0.0110. The molecule has 0 unspecified atom stereocenters. The maximum atomic E-state index is 11.4. The van der Waals surface area contributed by atoms with E-state index in [0.29, 0.717) is 27.0 Å². The van der Waals surface area contributed by atoms with E-state index in [1.807, 2.05) is 33.8 Å². The zero-order chi connectivity index (χ0) is 19.0. The Labute approximate surface area is 163 Å². The predicted molar refractivity (Wildman–Crippen MR) is 108 cm³/mol. The Morgan fingerprint density at radius 2 is 1.68 bits per heavy atom. The van der Waals surface area contributed by atoms with Crippen molar-refractivity contribution in [3.63, 3.8) is 0 Å². The lowest BCUT2D eigenvalue weighted by Gasteiger charge is -2.32. The van der Waals surface area contributed by atoms with Crippen LogP contribution in [0, 0.1) is 0 Å². The van der Waals surface area contributed by atoms with Gasteiger partial charge in [-0.1, -0.05) is 41.0 Å². The molecule has 0 bridgehead atoms. The molecule has 0 radical (unpaired) electrons. The Balaban J connectivity index is 2.42. The molecule has 0 spiro atoms. The number of carbonyl (C=O) groups is 1. The Kier molecular flexibility index (Phi) is 6.22. The smallest absolute Gasteiger partial charge is 0.400 e. The van der Waals surface area contributed by atoms with Crippen molar-refractivity contribution < 1.29 is 14.1 Å². The van der Waals surface area contributed by atoms with Gasteiger partial charge in [0.05, 0.1) is 21.2 Å². The van der Waals surface area contributed by atoms with Gasteiger partial charge in [0, 0.05) is 23.9 Å².